The van der Waals surface area contributed by atoms with Crippen molar-refractivity contribution >= 4 is 17.7 Å². The van der Waals surface area contributed by atoms with Crippen molar-refractivity contribution in [1.29, 1.82) is 0 Å². The van der Waals surface area contributed by atoms with E-state index in [1.807, 2.05) is 25.1 Å². The minimum Gasteiger partial charge on any atom is -0.493 e. The zero-order chi connectivity index (χ0) is 28.8. The first-order valence-electron chi connectivity index (χ1n) is 13.4. The number of methoxy groups -OCH3 is 1. The first kappa shape index (κ1) is 31.8. The molecule has 0 amide bonds. The van der Waals surface area contributed by atoms with Gasteiger partial charge in [-0.15, -0.1) is 0 Å². The molecule has 0 unspecified atom stereocenters. The van der Waals surface area contributed by atoms with Gasteiger partial charge in [0.2, 0.25) is 6.79 Å². The van der Waals surface area contributed by atoms with Crippen molar-refractivity contribution in [2.75, 3.05) is 20.5 Å². The van der Waals surface area contributed by atoms with E-state index in [2.05, 4.69) is 31.0 Å². The molecule has 9 heteroatoms. The summed E-state index contributed by atoms with van der Waals surface area (Å²) in [7, 11) is 1.42. The van der Waals surface area contributed by atoms with Crippen LogP contribution in [0.3, 0.4) is 0 Å². The molecule has 1 heterocycles. The van der Waals surface area contributed by atoms with Gasteiger partial charge in [-0.1, -0.05) is 51.1 Å². The van der Waals surface area contributed by atoms with Crippen LogP contribution >= 0.6 is 0 Å². The molecule has 2 rings (SSSR count). The Bertz CT molecular complexity index is 1060. The quantitative estimate of drug-likeness (QED) is 0.151. The van der Waals surface area contributed by atoms with Gasteiger partial charge in [0.05, 0.1) is 19.1 Å². The summed E-state index contributed by atoms with van der Waals surface area (Å²) in [5.74, 6) is -1.94. The van der Waals surface area contributed by atoms with Crippen LogP contribution in [0, 0.1) is 11.8 Å². The van der Waals surface area contributed by atoms with Gasteiger partial charge in [-0.25, -0.2) is 4.98 Å². The van der Waals surface area contributed by atoms with Gasteiger partial charge in [0, 0.05) is 38.1 Å². The summed E-state index contributed by atoms with van der Waals surface area (Å²) in [6.07, 6.45) is 3.12. The molecule has 0 aliphatic heterocycles. The zero-order valence-corrected chi connectivity index (χ0v) is 23.8. The lowest BCUT2D eigenvalue weighted by molar-refractivity contribution is -0.158. The number of Topliss-reactive ketones (excluding diaryl/α,β-unsaturated/α-hetero) is 1. The fraction of sp³-hybridized carbons (Fsp3) is 0.533. The van der Waals surface area contributed by atoms with Crippen molar-refractivity contribution < 1.29 is 38.1 Å². The van der Waals surface area contributed by atoms with Crippen LogP contribution in [0.2, 0.25) is 0 Å². The molecule has 1 aromatic heterocycles. The number of nitrogens with zero attached hydrogens (tertiary/aromatic N) is 1. The lowest BCUT2D eigenvalue weighted by Crippen LogP contribution is -2.37. The number of ether oxygens (including phenoxy) is 5. The third kappa shape index (κ3) is 9.98. The third-order valence-corrected chi connectivity index (χ3v) is 6.35. The highest BCUT2D eigenvalue weighted by Gasteiger charge is 2.32. The van der Waals surface area contributed by atoms with E-state index in [0.717, 1.165) is 18.4 Å². The maximum atomic E-state index is 13.1. The van der Waals surface area contributed by atoms with Gasteiger partial charge in [-0.2, -0.15) is 0 Å². The minimum atomic E-state index is -0.733. The number of hydrogen-bond acceptors (Lipinski definition) is 9. The van der Waals surface area contributed by atoms with Crippen LogP contribution in [0.4, 0.5) is 0 Å². The van der Waals surface area contributed by atoms with Crippen molar-refractivity contribution in [1.82, 2.24) is 4.98 Å². The van der Waals surface area contributed by atoms with Crippen LogP contribution < -0.4 is 9.47 Å². The van der Waals surface area contributed by atoms with Crippen LogP contribution in [0.15, 0.2) is 42.6 Å². The predicted molar refractivity (Wildman–Crippen MR) is 146 cm³/mol. The summed E-state index contributed by atoms with van der Waals surface area (Å²) >= 11 is 0. The number of ketones is 1. The topological polar surface area (TPSA) is 110 Å². The number of esters is 2. The van der Waals surface area contributed by atoms with Crippen LogP contribution in [-0.2, 0) is 30.2 Å². The molecule has 0 N–H and O–H groups in total. The normalized spacial score (nSPS) is 14.0. The summed E-state index contributed by atoms with van der Waals surface area (Å²) in [5.41, 5.74) is 1.12. The van der Waals surface area contributed by atoms with E-state index in [9.17, 15) is 14.4 Å². The van der Waals surface area contributed by atoms with Crippen LogP contribution in [0.5, 0.6) is 11.5 Å². The third-order valence-electron chi connectivity index (χ3n) is 6.35. The van der Waals surface area contributed by atoms with Gasteiger partial charge in [0.15, 0.2) is 23.0 Å². The number of aromatic nitrogens is 1. The molecule has 0 spiro atoms. The highest BCUT2D eigenvalue weighted by molar-refractivity contribution is 5.99. The Morgan fingerprint density at radius 3 is 2.36 bits per heavy atom. The molecule has 39 heavy (non-hydrogen) atoms. The van der Waals surface area contributed by atoms with E-state index < -0.39 is 36.5 Å². The molecule has 9 nitrogen and oxygen atoms in total. The van der Waals surface area contributed by atoms with E-state index >= 15 is 0 Å². The van der Waals surface area contributed by atoms with E-state index in [1.54, 1.807) is 6.92 Å². The summed E-state index contributed by atoms with van der Waals surface area (Å²) in [6.45, 7) is 9.11. The zero-order valence-electron chi connectivity index (χ0n) is 23.8. The van der Waals surface area contributed by atoms with E-state index in [4.69, 9.17) is 23.7 Å². The fourth-order valence-corrected chi connectivity index (χ4v) is 4.24. The predicted octanol–water partition coefficient (Wildman–Crippen LogP) is 5.19. The Morgan fingerprint density at radius 1 is 1.03 bits per heavy atom. The first-order chi connectivity index (χ1) is 18.7. The Balaban J connectivity index is 2.13. The molecule has 0 radical (unpaired) electrons. The average Bonchev–Trinajstić information content (AvgIpc) is 2.92. The van der Waals surface area contributed by atoms with Crippen LogP contribution in [0.1, 0.15) is 69.9 Å². The van der Waals surface area contributed by atoms with Gasteiger partial charge in [0.25, 0.3) is 0 Å². The molecule has 0 aliphatic rings. The summed E-state index contributed by atoms with van der Waals surface area (Å²) in [5, 5.41) is 0. The lowest BCUT2D eigenvalue weighted by atomic mass is 9.88. The molecule has 1 aromatic carbocycles. The molecule has 2 aromatic rings. The molecular formula is C30H41NO8. The first-order valence-corrected chi connectivity index (χ1v) is 13.4. The van der Waals surface area contributed by atoms with Gasteiger partial charge < -0.3 is 23.7 Å². The summed E-state index contributed by atoms with van der Waals surface area (Å²) in [6, 6.07) is 11.6. The fourth-order valence-electron chi connectivity index (χ4n) is 4.24. The summed E-state index contributed by atoms with van der Waals surface area (Å²) in [4.78, 5) is 41.5. The molecular weight excluding hydrogens is 502 g/mol. The van der Waals surface area contributed by atoms with Crippen LogP contribution in [0.25, 0.3) is 0 Å². The smallest absolute Gasteiger partial charge is 0.309 e. The second-order valence-electron chi connectivity index (χ2n) is 9.43. The maximum absolute atomic E-state index is 13.1. The second-order valence-corrected chi connectivity index (χ2v) is 9.43. The van der Waals surface area contributed by atoms with E-state index in [-0.39, 0.29) is 35.6 Å². The van der Waals surface area contributed by atoms with E-state index in [0.29, 0.717) is 13.0 Å². The van der Waals surface area contributed by atoms with Gasteiger partial charge in [-0.05, 0) is 31.7 Å². The number of benzene rings is 1. The van der Waals surface area contributed by atoms with Gasteiger partial charge in [-0.3, -0.25) is 14.4 Å². The largest absolute Gasteiger partial charge is 0.493 e. The second kappa shape index (κ2) is 16.5. The van der Waals surface area contributed by atoms with Crippen molar-refractivity contribution in [3.05, 3.63) is 53.9 Å². The van der Waals surface area contributed by atoms with Crippen molar-refractivity contribution in [3.8, 4) is 11.5 Å². The van der Waals surface area contributed by atoms with Crippen molar-refractivity contribution in [3.63, 3.8) is 0 Å². The minimum absolute atomic E-state index is 0.0184. The SMILES string of the molecule is CCCO[C@@H](CC)[C@@H](Cc1ccccc1)[C@H](C)OC(=O)[C@@H](C)CC(=O)c1nccc(OC)c1OCOC(C)=O. The maximum Gasteiger partial charge on any atom is 0.309 e. The van der Waals surface area contributed by atoms with Crippen LogP contribution in [-0.4, -0.2) is 55.4 Å². The van der Waals surface area contributed by atoms with Crippen molar-refractivity contribution in [2.24, 2.45) is 11.8 Å². The van der Waals surface area contributed by atoms with Crippen molar-refractivity contribution in [2.45, 2.75) is 72.5 Å². The lowest BCUT2D eigenvalue weighted by Gasteiger charge is -2.32. The Hall–Kier alpha value is -3.46. The van der Waals surface area contributed by atoms with E-state index in [1.165, 1.54) is 26.3 Å². The van der Waals surface area contributed by atoms with Gasteiger partial charge in [0.1, 0.15) is 6.10 Å². The molecule has 0 saturated carbocycles. The molecule has 0 fully saturated rings. The number of carbonyl (C=O) groups is 3. The number of pyridine rings is 1. The molecule has 214 valence electrons. The Morgan fingerprint density at radius 2 is 1.74 bits per heavy atom. The average molecular weight is 544 g/mol. The van der Waals surface area contributed by atoms with Gasteiger partial charge >= 0.3 is 11.9 Å². The number of rotatable bonds is 17. The molecule has 0 bridgehead atoms. The standard InChI is InChI=1S/C30H41NO8/c1-7-16-36-26(8-2)24(18-23-12-10-9-11-13-23)21(4)39-30(34)20(3)17-25(33)28-29(38-19-37-22(5)32)27(35-6)14-15-31-28/h9-15,20-21,24,26H,7-8,16-19H2,1-6H3/t20-,21-,24-,26-/m0/s1. The molecule has 4 atom stereocenters. The Labute approximate surface area is 231 Å². The highest BCUT2D eigenvalue weighted by Crippen LogP contribution is 2.31. The monoisotopic (exact) mass is 543 g/mol. The molecule has 0 saturated heterocycles. The summed E-state index contributed by atoms with van der Waals surface area (Å²) < 4.78 is 27.6. The number of carbonyl (C=O) groups excluding carboxylic acids is 3. The highest BCUT2D eigenvalue weighted by atomic mass is 16.7. The Kier molecular flexibility index (Phi) is 13.4. The number of hydrogen-bond donors (Lipinski definition) is 0. The molecule has 0 aliphatic carbocycles.